The van der Waals surface area contributed by atoms with Crippen molar-refractivity contribution < 1.29 is 0 Å². The summed E-state index contributed by atoms with van der Waals surface area (Å²) in [6, 6.07) is 2.57. The van der Waals surface area contributed by atoms with E-state index in [0.717, 1.165) is 18.9 Å². The Morgan fingerprint density at radius 1 is 1.41 bits per heavy atom. The highest BCUT2D eigenvalue weighted by molar-refractivity contribution is 5.15. The summed E-state index contributed by atoms with van der Waals surface area (Å²) in [4.78, 5) is 4.33. The van der Waals surface area contributed by atoms with Crippen molar-refractivity contribution in [2.24, 2.45) is 7.05 Å². The Labute approximate surface area is 102 Å². The Kier molecular flexibility index (Phi) is 3.64. The largest absolute Gasteiger partial charge is 0.346 e. The minimum atomic E-state index is 0.405. The number of aromatic nitrogens is 3. The zero-order chi connectivity index (χ0) is 12.3. The van der Waals surface area contributed by atoms with Gasteiger partial charge in [0.05, 0.1) is 6.54 Å². The van der Waals surface area contributed by atoms with Gasteiger partial charge < -0.3 is 14.5 Å². The summed E-state index contributed by atoms with van der Waals surface area (Å²) < 4.78 is 4.22. The SMILES string of the molecule is CCNC(C)c1ccn(Cc2nccn2C)c1. The number of aryl methyl sites for hydroxylation is 1. The van der Waals surface area contributed by atoms with E-state index in [4.69, 9.17) is 0 Å². The van der Waals surface area contributed by atoms with Crippen molar-refractivity contribution in [2.45, 2.75) is 26.4 Å². The second kappa shape index (κ2) is 5.19. The molecule has 1 unspecified atom stereocenters. The molecule has 0 aliphatic heterocycles. The summed E-state index contributed by atoms with van der Waals surface area (Å²) in [5.41, 5.74) is 1.32. The van der Waals surface area contributed by atoms with Gasteiger partial charge in [0, 0.05) is 37.9 Å². The van der Waals surface area contributed by atoms with Crippen LogP contribution in [0.15, 0.2) is 30.9 Å². The van der Waals surface area contributed by atoms with Gasteiger partial charge in [-0.05, 0) is 25.1 Å². The maximum atomic E-state index is 4.33. The van der Waals surface area contributed by atoms with E-state index in [0.29, 0.717) is 6.04 Å². The normalized spacial score (nSPS) is 12.9. The van der Waals surface area contributed by atoms with Crippen LogP contribution < -0.4 is 5.32 Å². The predicted octanol–water partition coefficient (Wildman–Crippen LogP) is 1.94. The molecule has 1 atom stereocenters. The van der Waals surface area contributed by atoms with Crippen LogP contribution in [0.1, 0.15) is 31.3 Å². The van der Waals surface area contributed by atoms with E-state index in [1.54, 1.807) is 0 Å². The van der Waals surface area contributed by atoms with Crippen LogP contribution in [0.25, 0.3) is 0 Å². The highest BCUT2D eigenvalue weighted by Crippen LogP contribution is 2.13. The number of hydrogen-bond donors (Lipinski definition) is 1. The van der Waals surface area contributed by atoms with Crippen LogP contribution in [0.4, 0.5) is 0 Å². The van der Waals surface area contributed by atoms with Crippen molar-refractivity contribution in [3.05, 3.63) is 42.2 Å². The first kappa shape index (κ1) is 11.9. The van der Waals surface area contributed by atoms with E-state index in [1.165, 1.54) is 5.56 Å². The predicted molar refractivity (Wildman–Crippen MR) is 68.8 cm³/mol. The molecule has 0 amide bonds. The Hall–Kier alpha value is -1.55. The molecular formula is C13H20N4. The topological polar surface area (TPSA) is 34.8 Å². The van der Waals surface area contributed by atoms with Crippen LogP contribution in [-0.4, -0.2) is 20.7 Å². The minimum Gasteiger partial charge on any atom is -0.346 e. The Bertz CT molecular complexity index is 469. The molecule has 0 saturated carbocycles. The molecule has 1 N–H and O–H groups in total. The monoisotopic (exact) mass is 232 g/mol. The Balaban J connectivity index is 2.06. The van der Waals surface area contributed by atoms with Gasteiger partial charge in [0.25, 0.3) is 0 Å². The maximum absolute atomic E-state index is 4.33. The van der Waals surface area contributed by atoms with E-state index >= 15 is 0 Å². The summed E-state index contributed by atoms with van der Waals surface area (Å²) in [6.45, 7) is 6.12. The molecular weight excluding hydrogens is 212 g/mol. The molecule has 0 aromatic carbocycles. The van der Waals surface area contributed by atoms with E-state index in [9.17, 15) is 0 Å². The molecule has 0 bridgehead atoms. The van der Waals surface area contributed by atoms with Gasteiger partial charge in [0.1, 0.15) is 5.82 Å². The maximum Gasteiger partial charge on any atom is 0.128 e. The average Bonchev–Trinajstić information content (AvgIpc) is 2.90. The lowest BCUT2D eigenvalue weighted by molar-refractivity contribution is 0.595. The quantitative estimate of drug-likeness (QED) is 0.855. The van der Waals surface area contributed by atoms with Crippen molar-refractivity contribution in [1.82, 2.24) is 19.4 Å². The van der Waals surface area contributed by atoms with Gasteiger partial charge in [-0.3, -0.25) is 0 Å². The summed E-state index contributed by atoms with van der Waals surface area (Å²) >= 11 is 0. The fourth-order valence-electron chi connectivity index (χ4n) is 1.95. The number of nitrogens with zero attached hydrogens (tertiary/aromatic N) is 3. The first-order chi connectivity index (χ1) is 8.20. The van der Waals surface area contributed by atoms with Gasteiger partial charge in [-0.2, -0.15) is 0 Å². The molecule has 2 rings (SSSR count). The molecule has 17 heavy (non-hydrogen) atoms. The molecule has 2 aromatic rings. The second-order valence-corrected chi connectivity index (χ2v) is 4.35. The number of rotatable bonds is 5. The lowest BCUT2D eigenvalue weighted by Crippen LogP contribution is -2.17. The highest BCUT2D eigenvalue weighted by atomic mass is 15.1. The van der Waals surface area contributed by atoms with E-state index in [1.807, 2.05) is 24.0 Å². The van der Waals surface area contributed by atoms with Crippen molar-refractivity contribution in [3.63, 3.8) is 0 Å². The summed E-state index contributed by atoms with van der Waals surface area (Å²) in [7, 11) is 2.02. The van der Waals surface area contributed by atoms with E-state index < -0.39 is 0 Å². The lowest BCUT2D eigenvalue weighted by atomic mass is 10.2. The molecule has 0 spiro atoms. The molecule has 0 aliphatic carbocycles. The third kappa shape index (κ3) is 2.77. The molecule has 92 valence electrons. The smallest absolute Gasteiger partial charge is 0.128 e. The summed E-state index contributed by atoms with van der Waals surface area (Å²) in [6.07, 6.45) is 8.10. The molecule has 0 radical (unpaired) electrons. The number of nitrogens with one attached hydrogen (secondary N) is 1. The molecule has 2 aromatic heterocycles. The Morgan fingerprint density at radius 3 is 2.88 bits per heavy atom. The van der Waals surface area contributed by atoms with Crippen molar-refractivity contribution >= 4 is 0 Å². The van der Waals surface area contributed by atoms with E-state index in [-0.39, 0.29) is 0 Å². The van der Waals surface area contributed by atoms with Gasteiger partial charge >= 0.3 is 0 Å². The molecule has 4 nitrogen and oxygen atoms in total. The molecule has 0 saturated heterocycles. The van der Waals surface area contributed by atoms with Crippen LogP contribution in [0.3, 0.4) is 0 Å². The van der Waals surface area contributed by atoms with Crippen LogP contribution in [0.2, 0.25) is 0 Å². The number of imidazole rings is 1. The molecule has 0 fully saturated rings. The van der Waals surface area contributed by atoms with Crippen LogP contribution >= 0.6 is 0 Å². The molecule has 0 aliphatic rings. The fourth-order valence-corrected chi connectivity index (χ4v) is 1.95. The highest BCUT2D eigenvalue weighted by Gasteiger charge is 2.06. The third-order valence-corrected chi connectivity index (χ3v) is 3.03. The standard InChI is InChI=1S/C13H20N4/c1-4-14-11(2)12-5-7-17(9-12)10-13-15-6-8-16(13)3/h5-9,11,14H,4,10H2,1-3H3. The van der Waals surface area contributed by atoms with Gasteiger partial charge in [0.15, 0.2) is 0 Å². The Morgan fingerprint density at radius 2 is 2.24 bits per heavy atom. The zero-order valence-electron chi connectivity index (χ0n) is 10.7. The van der Waals surface area contributed by atoms with Crippen molar-refractivity contribution in [1.29, 1.82) is 0 Å². The minimum absolute atomic E-state index is 0.405. The van der Waals surface area contributed by atoms with Gasteiger partial charge in [-0.25, -0.2) is 4.98 Å². The second-order valence-electron chi connectivity index (χ2n) is 4.35. The van der Waals surface area contributed by atoms with Crippen molar-refractivity contribution in [2.75, 3.05) is 6.54 Å². The molecule has 2 heterocycles. The summed E-state index contributed by atoms with van der Waals surface area (Å²) in [5.74, 6) is 1.07. The molecule has 4 heteroatoms. The first-order valence-electron chi connectivity index (χ1n) is 6.06. The zero-order valence-corrected chi connectivity index (χ0v) is 10.7. The average molecular weight is 232 g/mol. The number of hydrogen-bond acceptors (Lipinski definition) is 2. The first-order valence-corrected chi connectivity index (χ1v) is 6.06. The summed E-state index contributed by atoms with van der Waals surface area (Å²) in [5, 5.41) is 3.41. The van der Waals surface area contributed by atoms with E-state index in [2.05, 4.69) is 47.2 Å². The van der Waals surface area contributed by atoms with Gasteiger partial charge in [-0.15, -0.1) is 0 Å². The van der Waals surface area contributed by atoms with Crippen LogP contribution in [0, 0.1) is 0 Å². The van der Waals surface area contributed by atoms with Crippen LogP contribution in [-0.2, 0) is 13.6 Å². The fraction of sp³-hybridized carbons (Fsp3) is 0.462. The van der Waals surface area contributed by atoms with Gasteiger partial charge in [-0.1, -0.05) is 6.92 Å². The van der Waals surface area contributed by atoms with Gasteiger partial charge in [0.2, 0.25) is 0 Å². The van der Waals surface area contributed by atoms with Crippen molar-refractivity contribution in [3.8, 4) is 0 Å². The van der Waals surface area contributed by atoms with Crippen LogP contribution in [0.5, 0.6) is 0 Å². The third-order valence-electron chi connectivity index (χ3n) is 3.03. The lowest BCUT2D eigenvalue weighted by Gasteiger charge is -2.09.